The predicted octanol–water partition coefficient (Wildman–Crippen LogP) is 2.82. The summed E-state index contributed by atoms with van der Waals surface area (Å²) in [6, 6.07) is 13.0. The van der Waals surface area contributed by atoms with E-state index in [1.165, 1.54) is 0 Å². The van der Waals surface area contributed by atoms with E-state index in [9.17, 15) is 9.59 Å². The molecule has 0 saturated carbocycles. The number of likely N-dealkylation sites (tertiary alicyclic amines) is 1. The number of para-hydroxylation sites is 1. The first-order valence-corrected chi connectivity index (χ1v) is 12.1. The Morgan fingerprint density at radius 2 is 1.91 bits per heavy atom. The molecule has 1 atom stereocenters. The van der Waals surface area contributed by atoms with Crippen molar-refractivity contribution >= 4 is 17.5 Å². The second-order valence-electron chi connectivity index (χ2n) is 8.90. The number of anilines is 1. The topological polar surface area (TPSA) is 92.6 Å². The van der Waals surface area contributed by atoms with Gasteiger partial charge in [0, 0.05) is 32.0 Å². The number of morpholine rings is 1. The summed E-state index contributed by atoms with van der Waals surface area (Å²) in [6.45, 7) is 5.59. The maximum absolute atomic E-state index is 13.7. The van der Waals surface area contributed by atoms with Gasteiger partial charge in [0.25, 0.3) is 5.91 Å². The highest BCUT2D eigenvalue weighted by atomic mass is 16.5. The molecular formula is C26H30N6O3. The van der Waals surface area contributed by atoms with Crippen molar-refractivity contribution in [2.45, 2.75) is 25.8 Å². The number of aryl methyl sites for hydroxylation is 1. The number of carbonyl (C=O) groups excluding carboxylic acids is 2. The Hall–Kier alpha value is -3.56. The van der Waals surface area contributed by atoms with Crippen LogP contribution in [0.3, 0.4) is 0 Å². The average Bonchev–Trinajstić information content (AvgIpc) is 3.54. The molecule has 2 aliphatic rings. The van der Waals surface area contributed by atoms with Crippen LogP contribution >= 0.6 is 0 Å². The van der Waals surface area contributed by atoms with E-state index in [1.54, 1.807) is 18.3 Å². The maximum Gasteiger partial charge on any atom is 0.256 e. The van der Waals surface area contributed by atoms with Crippen molar-refractivity contribution in [1.29, 1.82) is 0 Å². The minimum absolute atomic E-state index is 0.0965. The molecule has 9 heteroatoms. The van der Waals surface area contributed by atoms with E-state index in [1.807, 2.05) is 52.9 Å². The average molecular weight is 475 g/mol. The molecule has 2 fully saturated rings. The van der Waals surface area contributed by atoms with E-state index in [-0.39, 0.29) is 24.4 Å². The molecule has 2 aromatic heterocycles. The molecule has 2 aliphatic heterocycles. The van der Waals surface area contributed by atoms with Crippen LogP contribution in [0.15, 0.2) is 54.9 Å². The van der Waals surface area contributed by atoms with Gasteiger partial charge in [0.2, 0.25) is 5.91 Å². The minimum atomic E-state index is -0.129. The highest BCUT2D eigenvalue weighted by Crippen LogP contribution is 2.33. The SMILES string of the molecule is Cc1nccn1-c1cccc([C@@H]2CCCN2C(=O)c2ccccc2NC(=O)CN2CCOCC2)n1. The number of amides is 2. The van der Waals surface area contributed by atoms with Crippen LogP contribution in [0.4, 0.5) is 5.69 Å². The van der Waals surface area contributed by atoms with Crippen molar-refractivity contribution in [3.63, 3.8) is 0 Å². The lowest BCUT2D eigenvalue weighted by atomic mass is 10.1. The van der Waals surface area contributed by atoms with Gasteiger partial charge in [0.1, 0.15) is 11.6 Å². The Morgan fingerprint density at radius 3 is 2.71 bits per heavy atom. The van der Waals surface area contributed by atoms with Gasteiger partial charge < -0.3 is 15.0 Å². The van der Waals surface area contributed by atoms with Crippen LogP contribution in [0.2, 0.25) is 0 Å². The molecule has 35 heavy (non-hydrogen) atoms. The van der Waals surface area contributed by atoms with Crippen molar-refractivity contribution in [2.24, 2.45) is 0 Å². The summed E-state index contributed by atoms with van der Waals surface area (Å²) in [5.74, 6) is 1.42. The van der Waals surface area contributed by atoms with Crippen LogP contribution in [0.5, 0.6) is 0 Å². The van der Waals surface area contributed by atoms with Gasteiger partial charge in [-0.15, -0.1) is 0 Å². The molecule has 2 amide bonds. The molecule has 3 aromatic rings. The fourth-order valence-electron chi connectivity index (χ4n) is 4.78. The molecule has 0 spiro atoms. The van der Waals surface area contributed by atoms with Gasteiger partial charge in [0.05, 0.1) is 42.7 Å². The first-order chi connectivity index (χ1) is 17.1. The zero-order valence-corrected chi connectivity index (χ0v) is 19.9. The van der Waals surface area contributed by atoms with E-state index < -0.39 is 0 Å². The third-order valence-electron chi connectivity index (χ3n) is 6.59. The molecule has 1 N–H and O–H groups in total. The molecule has 0 radical (unpaired) electrons. The Kier molecular flexibility index (Phi) is 6.87. The van der Waals surface area contributed by atoms with Gasteiger partial charge in [0.15, 0.2) is 0 Å². The quantitative estimate of drug-likeness (QED) is 0.591. The number of ether oxygens (including phenoxy) is 1. The number of hydrogen-bond acceptors (Lipinski definition) is 6. The molecule has 0 bridgehead atoms. The Balaban J connectivity index is 1.34. The molecule has 182 valence electrons. The smallest absolute Gasteiger partial charge is 0.256 e. The number of hydrogen-bond donors (Lipinski definition) is 1. The van der Waals surface area contributed by atoms with Crippen LogP contribution < -0.4 is 5.32 Å². The zero-order valence-electron chi connectivity index (χ0n) is 19.9. The summed E-state index contributed by atoms with van der Waals surface area (Å²) < 4.78 is 7.29. The fraction of sp³-hybridized carbons (Fsp3) is 0.385. The van der Waals surface area contributed by atoms with Crippen LogP contribution in [0.25, 0.3) is 5.82 Å². The zero-order chi connectivity index (χ0) is 24.2. The number of pyridine rings is 1. The lowest BCUT2D eigenvalue weighted by Gasteiger charge is -2.27. The number of aromatic nitrogens is 3. The number of nitrogens with one attached hydrogen (secondary N) is 1. The Bertz CT molecular complexity index is 1200. The van der Waals surface area contributed by atoms with Crippen molar-refractivity contribution in [3.05, 3.63) is 71.9 Å². The molecule has 0 aliphatic carbocycles. The lowest BCUT2D eigenvalue weighted by Crippen LogP contribution is -2.41. The van der Waals surface area contributed by atoms with Gasteiger partial charge >= 0.3 is 0 Å². The highest BCUT2D eigenvalue weighted by molar-refractivity contribution is 6.04. The standard InChI is InChI=1S/C26H30N6O3/c1-19-27-11-13-31(19)24-10-4-8-22(28-24)23-9-5-12-32(23)26(34)20-6-2-3-7-21(20)29-25(33)18-30-14-16-35-17-15-30/h2-4,6-8,10-11,13,23H,5,9,12,14-18H2,1H3,(H,29,33)/t23-/m0/s1. The summed E-state index contributed by atoms with van der Waals surface area (Å²) >= 11 is 0. The van der Waals surface area contributed by atoms with E-state index >= 15 is 0 Å². The fourth-order valence-corrected chi connectivity index (χ4v) is 4.78. The van der Waals surface area contributed by atoms with Crippen LogP contribution in [-0.2, 0) is 9.53 Å². The molecule has 5 rings (SSSR count). The predicted molar refractivity (Wildman–Crippen MR) is 131 cm³/mol. The summed E-state index contributed by atoms with van der Waals surface area (Å²) in [6.07, 6.45) is 5.38. The summed E-state index contributed by atoms with van der Waals surface area (Å²) in [5, 5.41) is 2.96. The summed E-state index contributed by atoms with van der Waals surface area (Å²) in [5.41, 5.74) is 1.89. The Labute approximate surface area is 204 Å². The number of rotatable bonds is 6. The highest BCUT2D eigenvalue weighted by Gasteiger charge is 2.33. The monoisotopic (exact) mass is 474 g/mol. The minimum Gasteiger partial charge on any atom is -0.379 e. The van der Waals surface area contributed by atoms with Gasteiger partial charge in [-0.3, -0.25) is 19.1 Å². The van der Waals surface area contributed by atoms with Gasteiger partial charge in [-0.2, -0.15) is 0 Å². The van der Waals surface area contributed by atoms with Gasteiger partial charge in [-0.25, -0.2) is 9.97 Å². The second-order valence-corrected chi connectivity index (χ2v) is 8.90. The first kappa shape index (κ1) is 23.2. The Morgan fingerprint density at radius 1 is 1.09 bits per heavy atom. The summed E-state index contributed by atoms with van der Waals surface area (Å²) in [7, 11) is 0. The maximum atomic E-state index is 13.7. The van der Waals surface area contributed by atoms with E-state index in [4.69, 9.17) is 9.72 Å². The molecule has 1 aromatic carbocycles. The van der Waals surface area contributed by atoms with Crippen LogP contribution in [0, 0.1) is 6.92 Å². The van der Waals surface area contributed by atoms with Crippen molar-refractivity contribution in [2.75, 3.05) is 44.7 Å². The molecule has 0 unspecified atom stereocenters. The molecule has 2 saturated heterocycles. The van der Waals surface area contributed by atoms with Crippen LogP contribution in [0.1, 0.15) is 40.8 Å². The molecular weight excluding hydrogens is 444 g/mol. The van der Waals surface area contributed by atoms with Crippen molar-refractivity contribution in [3.8, 4) is 5.82 Å². The number of benzene rings is 1. The number of imidazole rings is 1. The third-order valence-corrected chi connectivity index (χ3v) is 6.59. The van der Waals surface area contributed by atoms with Gasteiger partial charge in [-0.05, 0) is 44.0 Å². The largest absolute Gasteiger partial charge is 0.379 e. The first-order valence-electron chi connectivity index (χ1n) is 12.1. The van der Waals surface area contributed by atoms with E-state index in [0.717, 1.165) is 43.3 Å². The van der Waals surface area contributed by atoms with Crippen molar-refractivity contribution < 1.29 is 14.3 Å². The van der Waals surface area contributed by atoms with E-state index in [0.29, 0.717) is 31.0 Å². The lowest BCUT2D eigenvalue weighted by molar-refractivity contribution is -0.118. The second kappa shape index (κ2) is 10.4. The van der Waals surface area contributed by atoms with Crippen molar-refractivity contribution in [1.82, 2.24) is 24.3 Å². The third kappa shape index (κ3) is 5.11. The molecule has 9 nitrogen and oxygen atoms in total. The molecule has 4 heterocycles. The normalized spacial score (nSPS) is 18.5. The number of nitrogens with zero attached hydrogens (tertiary/aromatic N) is 5. The number of carbonyl (C=O) groups is 2. The summed E-state index contributed by atoms with van der Waals surface area (Å²) in [4.78, 5) is 39.5. The van der Waals surface area contributed by atoms with Crippen LogP contribution in [-0.4, -0.2) is 75.5 Å². The van der Waals surface area contributed by atoms with Gasteiger partial charge in [-0.1, -0.05) is 18.2 Å². The van der Waals surface area contributed by atoms with E-state index in [2.05, 4.69) is 15.2 Å².